The number of nitrogens with one attached hydrogen (secondary N) is 1. The normalized spacial score (nSPS) is 14.3. The van der Waals surface area contributed by atoms with Crippen molar-refractivity contribution in [2.45, 2.75) is 309 Å². The van der Waals surface area contributed by atoms with Crippen molar-refractivity contribution >= 4 is 19.7 Å². The maximum absolute atomic E-state index is 13.6. The van der Waals surface area contributed by atoms with Crippen molar-refractivity contribution in [3.63, 3.8) is 0 Å². The fourth-order valence-electron chi connectivity index (χ4n) is 9.71. The van der Waals surface area contributed by atoms with Gasteiger partial charge in [-0.25, -0.2) is 0 Å². The smallest absolute Gasteiger partial charge is 0.306 e. The van der Waals surface area contributed by atoms with Crippen LogP contribution in [0.25, 0.3) is 0 Å². The summed E-state index contributed by atoms with van der Waals surface area (Å²) in [5.74, 6) is -0.594. The molecule has 10 heteroatoms. The average Bonchev–Trinajstić information content (AvgIpc) is 3.66. The van der Waals surface area contributed by atoms with E-state index in [-0.39, 0.29) is 31.3 Å². The Morgan fingerprint density at radius 1 is 0.419 bits per heavy atom. The van der Waals surface area contributed by atoms with E-state index in [1.54, 1.807) is 0 Å². The SMILES string of the molecule is CC/C=C\C/C=C\C/C=C\C/C=C\C/C=C\C/C=C\CCCCC(=O)NC(COP(=O)([O-])OCC[N+](C)(C)C)C(/C=C\CCCCCCCCCCCC)OC(=O)CCCCCCCCCCCCCCCC/C=C\C/C=C\C/C=C\CCCCC. The molecule has 0 rings (SSSR count). The fraction of sp³-hybridized carbons (Fsp3) is 0.711. The summed E-state index contributed by atoms with van der Waals surface area (Å²) < 4.78 is 30.4. The topological polar surface area (TPSA) is 114 Å². The number of carbonyl (C=O) groups is 2. The molecule has 0 saturated carbocycles. The molecule has 0 saturated heterocycles. The first-order chi connectivity index (χ1) is 41.9. The van der Waals surface area contributed by atoms with E-state index in [9.17, 15) is 19.0 Å². The number of hydrogen-bond acceptors (Lipinski definition) is 7. The molecule has 0 aromatic rings. The van der Waals surface area contributed by atoms with Crippen LogP contribution < -0.4 is 10.2 Å². The Morgan fingerprint density at radius 2 is 0.744 bits per heavy atom. The van der Waals surface area contributed by atoms with Crippen LogP contribution in [-0.2, 0) is 27.9 Å². The fourth-order valence-corrected chi connectivity index (χ4v) is 10.4. The highest BCUT2D eigenvalue weighted by Gasteiger charge is 2.27. The molecule has 0 aliphatic rings. The number of rotatable bonds is 63. The highest BCUT2D eigenvalue weighted by molar-refractivity contribution is 7.45. The Kier molecular flexibility index (Phi) is 61.7. The Hall–Kier alpha value is -3.59. The van der Waals surface area contributed by atoms with E-state index in [1.165, 1.54) is 154 Å². The predicted molar refractivity (Wildman–Crippen MR) is 371 cm³/mol. The highest BCUT2D eigenvalue weighted by atomic mass is 31.2. The molecule has 3 unspecified atom stereocenters. The van der Waals surface area contributed by atoms with Crippen LogP contribution in [0.4, 0.5) is 0 Å². The molecule has 1 N–H and O–H groups in total. The molecular formula is C76H133N2O7P. The minimum Gasteiger partial charge on any atom is -0.756 e. The van der Waals surface area contributed by atoms with Gasteiger partial charge in [0, 0.05) is 12.8 Å². The zero-order valence-electron chi connectivity index (χ0n) is 56.5. The lowest BCUT2D eigenvalue weighted by Crippen LogP contribution is -2.47. The Morgan fingerprint density at radius 3 is 1.15 bits per heavy atom. The third-order valence-corrected chi connectivity index (χ3v) is 16.1. The van der Waals surface area contributed by atoms with E-state index in [4.69, 9.17) is 13.8 Å². The van der Waals surface area contributed by atoms with E-state index in [1.807, 2.05) is 33.3 Å². The standard InChI is InChI=1S/C76H133N2O7P/c1-7-10-13-16-19-22-25-28-30-32-34-36-37-38-39-40-41-43-45-47-49-51-54-57-60-63-66-69-76(80)85-74(67-64-61-58-55-52-27-24-21-18-15-12-9-3)73(72-84-86(81,82)83-71-70-78(4,5)6)77-75(79)68-65-62-59-56-53-50-48-46-44-42-35-33-31-29-26-23-20-17-14-11-8-2/h11,14,19-20,22-23,28-31,34-36,42,46,48,53,56,64,67,73-74H,7-10,12-13,15-18,21,24-27,32-33,37-41,43-45,47,49-52,54-55,57-63,65-66,68-72H2,1-6H3,(H-,77,79,81,82)/b14-11-,22-19-,23-20-,30-28-,31-29-,36-34-,42-35-,48-46-,56-53-,67-64-. The zero-order chi connectivity index (χ0) is 62.8. The summed E-state index contributed by atoms with van der Waals surface area (Å²) in [6, 6.07) is -0.920. The number of allylic oxidation sites excluding steroid dienone is 19. The van der Waals surface area contributed by atoms with Gasteiger partial charge in [0.15, 0.2) is 0 Å². The number of nitrogens with zero attached hydrogens (tertiary/aromatic N) is 1. The summed E-state index contributed by atoms with van der Waals surface area (Å²) in [7, 11) is 1.14. The molecule has 0 heterocycles. The first-order valence-electron chi connectivity index (χ1n) is 35.3. The minimum atomic E-state index is -4.72. The molecule has 0 aliphatic carbocycles. The molecule has 9 nitrogen and oxygen atoms in total. The number of phosphoric ester groups is 1. The first kappa shape index (κ1) is 82.4. The van der Waals surface area contributed by atoms with Gasteiger partial charge < -0.3 is 28.5 Å². The zero-order valence-corrected chi connectivity index (χ0v) is 57.4. The second-order valence-corrected chi connectivity index (χ2v) is 26.1. The number of quaternary nitrogens is 1. The van der Waals surface area contributed by atoms with E-state index >= 15 is 0 Å². The molecule has 494 valence electrons. The number of amides is 1. The number of likely N-dealkylation sites (N-methyl/N-ethyl adjacent to an activating group) is 1. The van der Waals surface area contributed by atoms with Gasteiger partial charge >= 0.3 is 5.97 Å². The summed E-state index contributed by atoms with van der Waals surface area (Å²) in [5.41, 5.74) is 0. The van der Waals surface area contributed by atoms with Gasteiger partial charge in [0.25, 0.3) is 7.82 Å². The third kappa shape index (κ3) is 64.9. The van der Waals surface area contributed by atoms with Crippen molar-refractivity contribution in [2.75, 3.05) is 40.9 Å². The van der Waals surface area contributed by atoms with Gasteiger partial charge in [0.05, 0.1) is 33.8 Å². The third-order valence-electron chi connectivity index (χ3n) is 15.1. The predicted octanol–water partition coefficient (Wildman–Crippen LogP) is 22.0. The molecule has 3 atom stereocenters. The molecule has 0 aromatic carbocycles. The largest absolute Gasteiger partial charge is 0.756 e. The lowest BCUT2D eigenvalue weighted by atomic mass is 10.0. The van der Waals surface area contributed by atoms with E-state index in [0.717, 1.165) is 103 Å². The molecule has 0 spiro atoms. The minimum absolute atomic E-state index is 0.0364. The number of esters is 1. The van der Waals surface area contributed by atoms with Crippen molar-refractivity contribution in [1.82, 2.24) is 5.32 Å². The van der Waals surface area contributed by atoms with Crippen LogP contribution in [0.5, 0.6) is 0 Å². The van der Waals surface area contributed by atoms with Crippen LogP contribution in [0.3, 0.4) is 0 Å². The van der Waals surface area contributed by atoms with Crippen LogP contribution in [0.1, 0.15) is 297 Å². The maximum Gasteiger partial charge on any atom is 0.306 e. The Bertz CT molecular complexity index is 1890. The van der Waals surface area contributed by atoms with Crippen LogP contribution in [0.15, 0.2) is 122 Å². The van der Waals surface area contributed by atoms with E-state index in [2.05, 4.69) is 135 Å². The molecule has 0 aromatic heterocycles. The Balaban J connectivity index is 5.13. The van der Waals surface area contributed by atoms with Crippen molar-refractivity contribution < 1.29 is 37.3 Å². The number of phosphoric acid groups is 1. The lowest BCUT2D eigenvalue weighted by molar-refractivity contribution is -0.870. The van der Waals surface area contributed by atoms with Crippen molar-refractivity contribution in [2.24, 2.45) is 0 Å². The van der Waals surface area contributed by atoms with Gasteiger partial charge in [-0.15, -0.1) is 0 Å². The molecular weight excluding hydrogens is 1080 g/mol. The number of unbranched alkanes of at least 4 members (excludes halogenated alkanes) is 29. The van der Waals surface area contributed by atoms with Gasteiger partial charge in [-0.05, 0) is 122 Å². The molecule has 86 heavy (non-hydrogen) atoms. The number of ether oxygens (including phenoxy) is 1. The van der Waals surface area contributed by atoms with Crippen LogP contribution in [0, 0.1) is 0 Å². The quantitative estimate of drug-likeness (QED) is 0.0212. The van der Waals surface area contributed by atoms with Crippen LogP contribution >= 0.6 is 7.82 Å². The average molecular weight is 1220 g/mol. The van der Waals surface area contributed by atoms with E-state index in [0.29, 0.717) is 17.4 Å². The molecule has 0 fully saturated rings. The Labute approximate surface area is 531 Å². The van der Waals surface area contributed by atoms with Crippen molar-refractivity contribution in [3.8, 4) is 0 Å². The van der Waals surface area contributed by atoms with Gasteiger partial charge in [-0.2, -0.15) is 0 Å². The maximum atomic E-state index is 13.6. The molecule has 0 bridgehead atoms. The molecule has 0 aliphatic heterocycles. The first-order valence-corrected chi connectivity index (χ1v) is 36.8. The molecule has 0 radical (unpaired) electrons. The second kappa shape index (κ2) is 64.4. The summed E-state index contributed by atoms with van der Waals surface area (Å²) >= 11 is 0. The number of carbonyl (C=O) groups excluding carboxylic acids is 2. The summed E-state index contributed by atoms with van der Waals surface area (Å²) in [4.78, 5) is 40.2. The van der Waals surface area contributed by atoms with Gasteiger partial charge in [0.2, 0.25) is 5.91 Å². The highest BCUT2D eigenvalue weighted by Crippen LogP contribution is 2.38. The van der Waals surface area contributed by atoms with Gasteiger partial charge in [-0.3, -0.25) is 14.2 Å². The summed E-state index contributed by atoms with van der Waals surface area (Å²) in [5, 5.41) is 3.01. The monoisotopic (exact) mass is 1220 g/mol. The van der Waals surface area contributed by atoms with Crippen LogP contribution in [-0.4, -0.2) is 69.4 Å². The van der Waals surface area contributed by atoms with Crippen molar-refractivity contribution in [3.05, 3.63) is 122 Å². The summed E-state index contributed by atoms with van der Waals surface area (Å²) in [6.07, 6.45) is 90.4. The van der Waals surface area contributed by atoms with Gasteiger partial charge in [-0.1, -0.05) is 284 Å². The molecule has 1 amide bonds. The van der Waals surface area contributed by atoms with Gasteiger partial charge in [0.1, 0.15) is 19.3 Å². The van der Waals surface area contributed by atoms with Crippen LogP contribution in [0.2, 0.25) is 0 Å². The number of hydrogen-bond donors (Lipinski definition) is 1. The lowest BCUT2D eigenvalue weighted by Gasteiger charge is -2.30. The summed E-state index contributed by atoms with van der Waals surface area (Å²) in [6.45, 7) is 6.67. The van der Waals surface area contributed by atoms with Crippen molar-refractivity contribution in [1.29, 1.82) is 0 Å². The van der Waals surface area contributed by atoms with E-state index < -0.39 is 26.6 Å². The second-order valence-electron chi connectivity index (χ2n) is 24.6.